The number of benzene rings is 1. The van der Waals surface area contributed by atoms with Crippen molar-refractivity contribution in [2.45, 2.75) is 33.0 Å². The fourth-order valence-electron chi connectivity index (χ4n) is 1.66. The molecule has 6 heteroatoms. The number of alkyl halides is 2. The second-order valence-electron chi connectivity index (χ2n) is 4.55. The molecule has 20 heavy (non-hydrogen) atoms. The molecule has 0 saturated carbocycles. The highest BCUT2D eigenvalue weighted by Crippen LogP contribution is 2.30. The first-order chi connectivity index (χ1) is 9.56. The average molecular weight is 282 g/mol. The van der Waals surface area contributed by atoms with Crippen molar-refractivity contribution in [1.29, 1.82) is 0 Å². The summed E-state index contributed by atoms with van der Waals surface area (Å²) < 4.78 is 34.5. The molecule has 0 amide bonds. The van der Waals surface area contributed by atoms with E-state index >= 15 is 0 Å². The van der Waals surface area contributed by atoms with Gasteiger partial charge in [-0.3, -0.25) is 0 Å². The molecule has 0 unspecified atom stereocenters. The van der Waals surface area contributed by atoms with Crippen molar-refractivity contribution < 1.29 is 17.9 Å². The fourth-order valence-corrected chi connectivity index (χ4v) is 1.66. The number of halogens is 2. The summed E-state index contributed by atoms with van der Waals surface area (Å²) in [5.41, 5.74) is 1.11. The Morgan fingerprint density at radius 2 is 2.05 bits per heavy atom. The first-order valence-corrected chi connectivity index (χ1v) is 6.28. The van der Waals surface area contributed by atoms with E-state index in [-0.39, 0.29) is 11.6 Å². The largest absolute Gasteiger partial charge is 0.444 e. The summed E-state index contributed by atoms with van der Waals surface area (Å²) in [6, 6.07) is 6.74. The zero-order valence-corrected chi connectivity index (χ0v) is 11.3. The van der Waals surface area contributed by atoms with Crippen LogP contribution in [0.25, 0.3) is 11.5 Å². The van der Waals surface area contributed by atoms with Gasteiger partial charge < -0.3 is 14.5 Å². The number of oxazole rings is 1. The first-order valence-electron chi connectivity index (χ1n) is 6.28. The van der Waals surface area contributed by atoms with Crippen molar-refractivity contribution >= 4 is 0 Å². The van der Waals surface area contributed by atoms with Gasteiger partial charge in [0, 0.05) is 12.6 Å². The van der Waals surface area contributed by atoms with Gasteiger partial charge in [0.1, 0.15) is 12.0 Å². The number of nitrogens with zero attached hydrogens (tertiary/aromatic N) is 1. The third kappa shape index (κ3) is 3.77. The molecular weight excluding hydrogens is 266 g/mol. The lowest BCUT2D eigenvalue weighted by Crippen LogP contribution is -2.21. The Balaban J connectivity index is 2.19. The molecule has 2 rings (SSSR count). The monoisotopic (exact) mass is 282 g/mol. The van der Waals surface area contributed by atoms with Gasteiger partial charge in [0.25, 0.3) is 0 Å². The molecule has 108 valence electrons. The van der Waals surface area contributed by atoms with Gasteiger partial charge in [0.2, 0.25) is 5.89 Å². The van der Waals surface area contributed by atoms with Gasteiger partial charge in [-0.15, -0.1) is 0 Å². The maximum absolute atomic E-state index is 12.3. The topological polar surface area (TPSA) is 47.3 Å². The molecule has 1 heterocycles. The molecular formula is C14H16F2N2O2. The van der Waals surface area contributed by atoms with E-state index in [1.807, 2.05) is 13.8 Å². The van der Waals surface area contributed by atoms with E-state index < -0.39 is 6.61 Å². The molecule has 1 aromatic heterocycles. The minimum atomic E-state index is -2.88. The summed E-state index contributed by atoms with van der Waals surface area (Å²) in [5, 5.41) is 3.20. The van der Waals surface area contributed by atoms with Gasteiger partial charge in [-0.05, 0) is 12.1 Å². The number of hydrogen-bond donors (Lipinski definition) is 1. The maximum Gasteiger partial charge on any atom is 0.387 e. The van der Waals surface area contributed by atoms with Crippen LogP contribution in [0.3, 0.4) is 0 Å². The van der Waals surface area contributed by atoms with E-state index in [9.17, 15) is 8.78 Å². The predicted molar refractivity (Wildman–Crippen MR) is 70.5 cm³/mol. The zero-order valence-electron chi connectivity index (χ0n) is 11.3. The summed E-state index contributed by atoms with van der Waals surface area (Å²) in [4.78, 5) is 4.27. The van der Waals surface area contributed by atoms with Crippen molar-refractivity contribution in [3.63, 3.8) is 0 Å². The van der Waals surface area contributed by atoms with Crippen LogP contribution in [0.2, 0.25) is 0 Å². The van der Waals surface area contributed by atoms with E-state index in [4.69, 9.17) is 4.42 Å². The van der Waals surface area contributed by atoms with Crippen molar-refractivity contribution in [2.24, 2.45) is 0 Å². The fraction of sp³-hybridized carbons (Fsp3) is 0.357. The van der Waals surface area contributed by atoms with Gasteiger partial charge in [0.15, 0.2) is 0 Å². The van der Waals surface area contributed by atoms with Gasteiger partial charge in [0.05, 0.1) is 11.3 Å². The van der Waals surface area contributed by atoms with Gasteiger partial charge in [-0.2, -0.15) is 8.78 Å². The Bertz CT molecular complexity index is 556. The van der Waals surface area contributed by atoms with Crippen molar-refractivity contribution in [3.05, 3.63) is 36.2 Å². The minimum Gasteiger partial charge on any atom is -0.444 e. The molecule has 0 aliphatic carbocycles. The van der Waals surface area contributed by atoms with Gasteiger partial charge in [-0.1, -0.05) is 26.0 Å². The molecule has 0 spiro atoms. The molecule has 0 radical (unpaired) electrons. The normalized spacial score (nSPS) is 11.3. The third-order valence-electron chi connectivity index (χ3n) is 2.58. The second kappa shape index (κ2) is 6.47. The van der Waals surface area contributed by atoms with Gasteiger partial charge in [-0.25, -0.2) is 4.98 Å². The Morgan fingerprint density at radius 3 is 2.75 bits per heavy atom. The van der Waals surface area contributed by atoms with Crippen LogP contribution in [0, 0.1) is 0 Å². The predicted octanol–water partition coefficient (Wildman–Crippen LogP) is 3.44. The van der Waals surface area contributed by atoms with Crippen LogP contribution in [0.1, 0.15) is 19.5 Å². The number of nitrogens with one attached hydrogen (secondary N) is 1. The SMILES string of the molecule is CC(C)NCc1coc(-c2ccccc2OC(F)F)n1. The minimum absolute atomic E-state index is 0.0488. The molecule has 2 aromatic rings. The number of ether oxygens (including phenoxy) is 1. The summed E-state index contributed by atoms with van der Waals surface area (Å²) in [7, 11) is 0. The Hall–Kier alpha value is -1.95. The number of hydrogen-bond acceptors (Lipinski definition) is 4. The van der Waals surface area contributed by atoms with E-state index in [1.54, 1.807) is 18.2 Å². The molecule has 0 saturated heterocycles. The van der Waals surface area contributed by atoms with E-state index in [1.165, 1.54) is 12.3 Å². The van der Waals surface area contributed by atoms with Crippen LogP contribution >= 0.6 is 0 Å². The highest BCUT2D eigenvalue weighted by Gasteiger charge is 2.15. The van der Waals surface area contributed by atoms with Crippen LogP contribution in [-0.4, -0.2) is 17.6 Å². The standard InChI is InChI=1S/C14H16F2N2O2/c1-9(2)17-7-10-8-19-13(18-10)11-5-3-4-6-12(11)20-14(15)16/h3-6,8-9,14,17H,7H2,1-2H3. The Morgan fingerprint density at radius 1 is 1.30 bits per heavy atom. The number of rotatable bonds is 6. The maximum atomic E-state index is 12.3. The van der Waals surface area contributed by atoms with Crippen LogP contribution in [0.4, 0.5) is 8.78 Å². The highest BCUT2D eigenvalue weighted by atomic mass is 19.3. The molecule has 0 aliphatic rings. The van der Waals surface area contributed by atoms with Crippen molar-refractivity contribution in [2.75, 3.05) is 0 Å². The Labute approximate surface area is 115 Å². The summed E-state index contributed by atoms with van der Waals surface area (Å²) in [5.74, 6) is 0.314. The van der Waals surface area contributed by atoms with E-state index in [0.29, 0.717) is 23.8 Å². The zero-order chi connectivity index (χ0) is 14.5. The van der Waals surface area contributed by atoms with Crippen LogP contribution in [0.5, 0.6) is 5.75 Å². The molecule has 0 aliphatic heterocycles. The first kappa shape index (κ1) is 14.5. The second-order valence-corrected chi connectivity index (χ2v) is 4.55. The molecule has 4 nitrogen and oxygen atoms in total. The smallest absolute Gasteiger partial charge is 0.387 e. The number of para-hydroxylation sites is 1. The van der Waals surface area contributed by atoms with Crippen LogP contribution < -0.4 is 10.1 Å². The van der Waals surface area contributed by atoms with Gasteiger partial charge >= 0.3 is 6.61 Å². The summed E-state index contributed by atoms with van der Waals surface area (Å²) >= 11 is 0. The lowest BCUT2D eigenvalue weighted by Gasteiger charge is -2.07. The Kier molecular flexibility index (Phi) is 4.68. The van der Waals surface area contributed by atoms with E-state index in [2.05, 4.69) is 15.0 Å². The average Bonchev–Trinajstić information content (AvgIpc) is 2.85. The molecule has 0 atom stereocenters. The molecule has 1 N–H and O–H groups in total. The number of aromatic nitrogens is 1. The van der Waals surface area contributed by atoms with E-state index in [0.717, 1.165) is 0 Å². The summed E-state index contributed by atoms with van der Waals surface area (Å²) in [6.45, 7) is 1.71. The lowest BCUT2D eigenvalue weighted by atomic mass is 10.2. The van der Waals surface area contributed by atoms with Crippen molar-refractivity contribution in [3.8, 4) is 17.2 Å². The van der Waals surface area contributed by atoms with Crippen LogP contribution in [-0.2, 0) is 6.54 Å². The summed E-state index contributed by atoms with van der Waals surface area (Å²) in [6.07, 6.45) is 1.50. The molecule has 1 aromatic carbocycles. The van der Waals surface area contributed by atoms with Crippen molar-refractivity contribution in [1.82, 2.24) is 10.3 Å². The third-order valence-corrected chi connectivity index (χ3v) is 2.58. The highest BCUT2D eigenvalue weighted by molar-refractivity contribution is 5.62. The molecule has 0 bridgehead atoms. The molecule has 0 fully saturated rings. The van der Waals surface area contributed by atoms with Crippen LogP contribution in [0.15, 0.2) is 34.9 Å². The lowest BCUT2D eigenvalue weighted by molar-refractivity contribution is -0.0495. The quantitative estimate of drug-likeness (QED) is 0.881.